The van der Waals surface area contributed by atoms with E-state index in [1.54, 1.807) is 32.4 Å². The highest BCUT2D eigenvalue weighted by Crippen LogP contribution is 2.38. The number of ether oxygens (including phenoxy) is 2. The molecule has 1 aliphatic heterocycles. The molecule has 0 saturated carbocycles. The Bertz CT molecular complexity index is 1200. The van der Waals surface area contributed by atoms with Gasteiger partial charge in [-0.15, -0.1) is 0 Å². The summed E-state index contributed by atoms with van der Waals surface area (Å²) in [6.45, 7) is 1.09. The lowest BCUT2D eigenvalue weighted by Gasteiger charge is -2.40. The molecule has 0 spiro atoms. The maximum atomic E-state index is 13.0. The molecule has 0 unspecified atom stereocenters. The number of amides is 1. The first-order valence-corrected chi connectivity index (χ1v) is 10.6. The number of hydrogen-bond donors (Lipinski definition) is 1. The number of allylic oxidation sites excluding steroid dienone is 2. The van der Waals surface area contributed by atoms with Crippen LogP contribution in [0.25, 0.3) is 10.9 Å². The number of aromatic nitrogens is 2. The van der Waals surface area contributed by atoms with Crippen molar-refractivity contribution in [2.45, 2.75) is 25.7 Å². The Morgan fingerprint density at radius 3 is 2.53 bits per heavy atom. The van der Waals surface area contributed by atoms with Crippen LogP contribution in [0.1, 0.15) is 36.2 Å². The summed E-state index contributed by atoms with van der Waals surface area (Å²) < 4.78 is 16.2. The van der Waals surface area contributed by atoms with Crippen LogP contribution >= 0.6 is 0 Å². The number of carbonyl (C=O) groups excluding carboxylic acids is 1. The second-order valence-electron chi connectivity index (χ2n) is 7.82. The molecule has 9 heteroatoms. The fourth-order valence-electron chi connectivity index (χ4n) is 4.49. The zero-order valence-corrected chi connectivity index (χ0v) is 18.1. The molecule has 166 valence electrons. The molecule has 0 fully saturated rings. The first-order chi connectivity index (χ1) is 15.6. The Morgan fingerprint density at radius 1 is 1.06 bits per heavy atom. The highest BCUT2D eigenvalue weighted by molar-refractivity contribution is 5.93. The molecular formula is C23H25N5O4. The summed E-state index contributed by atoms with van der Waals surface area (Å²) in [5.74, 6) is 2.29. The van der Waals surface area contributed by atoms with Crippen LogP contribution in [0.15, 0.2) is 46.3 Å². The van der Waals surface area contributed by atoms with Crippen LogP contribution < -0.4 is 20.1 Å². The van der Waals surface area contributed by atoms with Gasteiger partial charge in [0.25, 0.3) is 5.91 Å². The van der Waals surface area contributed by atoms with Crippen molar-refractivity contribution in [1.29, 1.82) is 0 Å². The van der Waals surface area contributed by atoms with Crippen LogP contribution in [0.3, 0.4) is 0 Å². The third-order valence-electron chi connectivity index (χ3n) is 6.05. The monoisotopic (exact) mass is 435 g/mol. The quantitative estimate of drug-likeness (QED) is 0.663. The number of carbonyl (C=O) groups is 1. The van der Waals surface area contributed by atoms with Gasteiger partial charge in [-0.2, -0.15) is 4.98 Å². The topological polar surface area (TPSA) is 107 Å². The van der Waals surface area contributed by atoms with Crippen molar-refractivity contribution in [2.24, 2.45) is 0 Å². The van der Waals surface area contributed by atoms with E-state index in [1.807, 2.05) is 11.0 Å². The highest BCUT2D eigenvalue weighted by Gasteiger charge is 2.34. The van der Waals surface area contributed by atoms with Crippen molar-refractivity contribution in [3.8, 4) is 11.5 Å². The SMILES string of the molecule is COc1cc2nc(N3CCN(C(=O)c4ccco4)C4=C3CCCC4)nc(N)c2cc1OC. The van der Waals surface area contributed by atoms with Gasteiger partial charge in [0, 0.05) is 35.9 Å². The summed E-state index contributed by atoms with van der Waals surface area (Å²) in [4.78, 5) is 26.4. The average Bonchev–Trinajstić information content (AvgIpc) is 3.37. The first-order valence-electron chi connectivity index (χ1n) is 10.6. The summed E-state index contributed by atoms with van der Waals surface area (Å²) in [6, 6.07) is 7.03. The number of hydrogen-bond acceptors (Lipinski definition) is 8. The molecule has 2 aromatic heterocycles. The number of fused-ring (bicyclic) bond motifs is 1. The van der Waals surface area contributed by atoms with Crippen LogP contribution in [-0.2, 0) is 0 Å². The lowest BCUT2D eigenvalue weighted by molar-refractivity contribution is 0.0759. The van der Waals surface area contributed by atoms with E-state index in [4.69, 9.17) is 24.6 Å². The number of nitrogen functional groups attached to an aromatic ring is 1. The molecule has 1 amide bonds. The van der Waals surface area contributed by atoms with Crippen LogP contribution in [0.5, 0.6) is 11.5 Å². The van der Waals surface area contributed by atoms with Crippen LogP contribution in [0.2, 0.25) is 0 Å². The van der Waals surface area contributed by atoms with Gasteiger partial charge in [0.15, 0.2) is 17.3 Å². The fraction of sp³-hybridized carbons (Fsp3) is 0.348. The second kappa shape index (κ2) is 8.07. The maximum Gasteiger partial charge on any atom is 0.293 e. The van der Waals surface area contributed by atoms with Gasteiger partial charge >= 0.3 is 0 Å². The molecule has 5 rings (SSSR count). The van der Waals surface area contributed by atoms with Gasteiger partial charge in [-0.05, 0) is 43.9 Å². The molecule has 0 atom stereocenters. The Labute approximate surface area is 185 Å². The molecule has 0 radical (unpaired) electrons. The number of nitrogens with zero attached hydrogens (tertiary/aromatic N) is 4. The van der Waals surface area contributed by atoms with E-state index in [2.05, 4.69) is 9.88 Å². The highest BCUT2D eigenvalue weighted by atomic mass is 16.5. The smallest absolute Gasteiger partial charge is 0.293 e. The maximum absolute atomic E-state index is 13.0. The Hall–Kier alpha value is -3.75. The van der Waals surface area contributed by atoms with Crippen molar-refractivity contribution in [1.82, 2.24) is 14.9 Å². The molecule has 2 N–H and O–H groups in total. The Kier molecular flexibility index (Phi) is 5.08. The normalized spacial score (nSPS) is 16.3. The van der Waals surface area contributed by atoms with Crippen LogP contribution in [0, 0.1) is 0 Å². The van der Waals surface area contributed by atoms with E-state index < -0.39 is 0 Å². The van der Waals surface area contributed by atoms with Crippen molar-refractivity contribution in [3.63, 3.8) is 0 Å². The standard InChI is InChI=1S/C23H25N5O4/c1-30-19-12-14-15(13-20(19)31-2)25-23(26-21(14)24)28-10-9-27(16-6-3-4-7-17(16)28)22(29)18-8-5-11-32-18/h5,8,11-13H,3-4,6-7,9-10H2,1-2H3,(H2,24,25,26). The number of furan rings is 1. The van der Waals surface area contributed by atoms with Crippen molar-refractivity contribution in [3.05, 3.63) is 47.7 Å². The molecule has 3 aromatic rings. The third-order valence-corrected chi connectivity index (χ3v) is 6.05. The molecule has 2 aliphatic rings. The van der Waals surface area contributed by atoms with Gasteiger partial charge in [0.05, 0.1) is 26.0 Å². The van der Waals surface area contributed by atoms with Crippen molar-refractivity contribution in [2.75, 3.05) is 37.9 Å². The minimum Gasteiger partial charge on any atom is -0.493 e. The Balaban J connectivity index is 1.57. The van der Waals surface area contributed by atoms with E-state index in [1.165, 1.54) is 6.26 Å². The lowest BCUT2D eigenvalue weighted by atomic mass is 9.97. The van der Waals surface area contributed by atoms with E-state index in [-0.39, 0.29) is 5.91 Å². The molecule has 0 bridgehead atoms. The fourth-order valence-corrected chi connectivity index (χ4v) is 4.49. The van der Waals surface area contributed by atoms with Crippen molar-refractivity contribution >= 4 is 28.6 Å². The van der Waals surface area contributed by atoms with Gasteiger partial charge in [0.2, 0.25) is 5.95 Å². The van der Waals surface area contributed by atoms with Gasteiger partial charge in [-0.25, -0.2) is 4.98 Å². The third kappa shape index (κ3) is 3.30. The molecule has 1 aliphatic carbocycles. The predicted molar refractivity (Wildman–Crippen MR) is 120 cm³/mol. The van der Waals surface area contributed by atoms with Gasteiger partial charge in [0.1, 0.15) is 5.82 Å². The molecule has 0 saturated heterocycles. The van der Waals surface area contributed by atoms with E-state index in [9.17, 15) is 4.79 Å². The molecule has 32 heavy (non-hydrogen) atoms. The van der Waals surface area contributed by atoms with E-state index >= 15 is 0 Å². The average molecular weight is 435 g/mol. The van der Waals surface area contributed by atoms with Gasteiger partial charge in [-0.1, -0.05) is 0 Å². The second-order valence-corrected chi connectivity index (χ2v) is 7.82. The molecule has 9 nitrogen and oxygen atoms in total. The largest absolute Gasteiger partial charge is 0.493 e. The summed E-state index contributed by atoms with van der Waals surface area (Å²) in [5.41, 5.74) is 9.08. The number of rotatable bonds is 4. The number of benzene rings is 1. The summed E-state index contributed by atoms with van der Waals surface area (Å²) in [7, 11) is 3.17. The van der Waals surface area contributed by atoms with Crippen LogP contribution in [0.4, 0.5) is 11.8 Å². The number of anilines is 2. The predicted octanol–water partition coefficient (Wildman–Crippen LogP) is 3.57. The molecular weight excluding hydrogens is 410 g/mol. The van der Waals surface area contributed by atoms with Gasteiger partial charge < -0.3 is 29.4 Å². The first kappa shape index (κ1) is 20.2. The zero-order chi connectivity index (χ0) is 22.2. The lowest BCUT2D eigenvalue weighted by Crippen LogP contribution is -2.46. The molecule has 1 aromatic carbocycles. The van der Waals surface area contributed by atoms with E-state index in [0.29, 0.717) is 53.0 Å². The zero-order valence-electron chi connectivity index (χ0n) is 18.1. The van der Waals surface area contributed by atoms with Gasteiger partial charge in [-0.3, -0.25) is 4.79 Å². The minimum absolute atomic E-state index is 0.111. The summed E-state index contributed by atoms with van der Waals surface area (Å²) >= 11 is 0. The minimum atomic E-state index is -0.111. The molecule has 3 heterocycles. The number of methoxy groups -OCH3 is 2. The summed E-state index contributed by atoms with van der Waals surface area (Å²) in [5, 5.41) is 0.705. The van der Waals surface area contributed by atoms with E-state index in [0.717, 1.165) is 37.1 Å². The van der Waals surface area contributed by atoms with Crippen LogP contribution in [-0.4, -0.2) is 48.1 Å². The van der Waals surface area contributed by atoms with Crippen molar-refractivity contribution < 1.29 is 18.7 Å². The Morgan fingerprint density at radius 2 is 1.81 bits per heavy atom. The number of nitrogens with two attached hydrogens (primary N) is 1. The summed E-state index contributed by atoms with van der Waals surface area (Å²) in [6.07, 6.45) is 5.28.